The van der Waals surface area contributed by atoms with Crippen LogP contribution in [0.2, 0.25) is 0 Å². The molecule has 1 aliphatic rings. The average molecular weight is 226 g/mol. The largest absolute Gasteiger partial charge is 0.314 e. The van der Waals surface area contributed by atoms with Crippen LogP contribution >= 0.6 is 0 Å². The first-order valence-corrected chi connectivity index (χ1v) is 5.64. The second-order valence-electron chi connectivity index (χ2n) is 4.13. The van der Waals surface area contributed by atoms with E-state index in [4.69, 9.17) is 0 Å². The van der Waals surface area contributed by atoms with Crippen LogP contribution in [0.3, 0.4) is 0 Å². The van der Waals surface area contributed by atoms with Gasteiger partial charge in [0.1, 0.15) is 11.6 Å². The van der Waals surface area contributed by atoms with Crippen molar-refractivity contribution in [2.75, 3.05) is 19.6 Å². The van der Waals surface area contributed by atoms with E-state index in [1.54, 1.807) is 0 Å². The number of benzene rings is 1. The van der Waals surface area contributed by atoms with Gasteiger partial charge in [0, 0.05) is 31.7 Å². The molecule has 0 amide bonds. The molecule has 0 unspecified atom stereocenters. The second kappa shape index (κ2) is 5.37. The Morgan fingerprint density at radius 1 is 1.25 bits per heavy atom. The molecule has 2 nitrogen and oxygen atoms in total. The summed E-state index contributed by atoms with van der Waals surface area (Å²) >= 11 is 0. The van der Waals surface area contributed by atoms with Crippen LogP contribution in [0.4, 0.5) is 8.78 Å². The summed E-state index contributed by atoms with van der Waals surface area (Å²) < 4.78 is 26.0. The molecule has 2 N–H and O–H groups in total. The van der Waals surface area contributed by atoms with Gasteiger partial charge in [-0.2, -0.15) is 0 Å². The zero-order chi connectivity index (χ0) is 11.4. The highest BCUT2D eigenvalue weighted by Crippen LogP contribution is 2.12. The molecular formula is C12H16F2N2. The number of rotatable bonds is 3. The second-order valence-corrected chi connectivity index (χ2v) is 4.13. The van der Waals surface area contributed by atoms with Crippen LogP contribution in [0.15, 0.2) is 18.2 Å². The first-order chi connectivity index (χ1) is 7.75. The van der Waals surface area contributed by atoms with E-state index in [0.29, 0.717) is 18.0 Å². The van der Waals surface area contributed by atoms with Crippen LogP contribution in [-0.4, -0.2) is 25.7 Å². The summed E-state index contributed by atoms with van der Waals surface area (Å²) in [7, 11) is 0. The minimum atomic E-state index is -0.515. The molecule has 0 aromatic heterocycles. The quantitative estimate of drug-likeness (QED) is 0.815. The van der Waals surface area contributed by atoms with Crippen molar-refractivity contribution >= 4 is 0 Å². The Bertz CT molecular complexity index is 349. The van der Waals surface area contributed by atoms with Crippen LogP contribution < -0.4 is 10.6 Å². The lowest BCUT2D eigenvalue weighted by Gasteiger charge is -2.24. The summed E-state index contributed by atoms with van der Waals surface area (Å²) in [6.45, 7) is 2.86. The lowest BCUT2D eigenvalue weighted by molar-refractivity contribution is 0.398. The smallest absolute Gasteiger partial charge is 0.129 e. The Kier molecular flexibility index (Phi) is 3.85. The van der Waals surface area contributed by atoms with E-state index in [1.807, 2.05) is 0 Å². The Labute approximate surface area is 94.0 Å². The number of halogens is 2. The van der Waals surface area contributed by atoms with Gasteiger partial charge in [0.25, 0.3) is 0 Å². The maximum absolute atomic E-state index is 13.3. The van der Waals surface area contributed by atoms with Crippen molar-refractivity contribution in [3.63, 3.8) is 0 Å². The molecule has 0 radical (unpaired) electrons. The van der Waals surface area contributed by atoms with E-state index in [1.165, 1.54) is 12.1 Å². The SMILES string of the molecule is Fc1ccc(CC[C@H]2CNCCN2)c(F)c1. The molecule has 88 valence electrons. The predicted molar refractivity (Wildman–Crippen MR) is 59.3 cm³/mol. The van der Waals surface area contributed by atoms with E-state index >= 15 is 0 Å². The summed E-state index contributed by atoms with van der Waals surface area (Å²) in [6, 6.07) is 4.17. The molecule has 1 saturated heterocycles. The molecule has 1 heterocycles. The van der Waals surface area contributed by atoms with E-state index in [9.17, 15) is 8.78 Å². The maximum Gasteiger partial charge on any atom is 0.129 e. The molecule has 1 fully saturated rings. The first-order valence-electron chi connectivity index (χ1n) is 5.64. The van der Waals surface area contributed by atoms with Crippen molar-refractivity contribution in [3.05, 3.63) is 35.4 Å². The van der Waals surface area contributed by atoms with Gasteiger partial charge in [-0.05, 0) is 24.5 Å². The molecule has 1 atom stereocenters. The van der Waals surface area contributed by atoms with E-state index in [0.717, 1.165) is 32.1 Å². The van der Waals surface area contributed by atoms with Gasteiger partial charge in [-0.3, -0.25) is 0 Å². The minimum absolute atomic E-state index is 0.387. The summed E-state index contributed by atoms with van der Waals surface area (Å²) in [5.74, 6) is -0.956. The van der Waals surface area contributed by atoms with Crippen molar-refractivity contribution in [1.82, 2.24) is 10.6 Å². The van der Waals surface area contributed by atoms with Crippen LogP contribution in [0.25, 0.3) is 0 Å². The fourth-order valence-corrected chi connectivity index (χ4v) is 1.97. The van der Waals surface area contributed by atoms with Gasteiger partial charge >= 0.3 is 0 Å². The Morgan fingerprint density at radius 3 is 2.81 bits per heavy atom. The topological polar surface area (TPSA) is 24.1 Å². The summed E-state index contributed by atoms with van der Waals surface area (Å²) in [4.78, 5) is 0. The van der Waals surface area contributed by atoms with Crippen molar-refractivity contribution < 1.29 is 8.78 Å². The van der Waals surface area contributed by atoms with Crippen LogP contribution in [0.5, 0.6) is 0 Å². The fraction of sp³-hybridized carbons (Fsp3) is 0.500. The predicted octanol–water partition coefficient (Wildman–Crippen LogP) is 1.46. The Balaban J connectivity index is 1.88. The monoisotopic (exact) mass is 226 g/mol. The molecular weight excluding hydrogens is 210 g/mol. The highest BCUT2D eigenvalue weighted by molar-refractivity contribution is 5.18. The van der Waals surface area contributed by atoms with Gasteiger partial charge in [0.15, 0.2) is 0 Å². The zero-order valence-electron chi connectivity index (χ0n) is 9.10. The van der Waals surface area contributed by atoms with Crippen molar-refractivity contribution in [3.8, 4) is 0 Å². The van der Waals surface area contributed by atoms with Crippen LogP contribution in [-0.2, 0) is 6.42 Å². The Morgan fingerprint density at radius 2 is 2.12 bits per heavy atom. The van der Waals surface area contributed by atoms with Crippen molar-refractivity contribution in [2.45, 2.75) is 18.9 Å². The van der Waals surface area contributed by atoms with E-state index in [-0.39, 0.29) is 0 Å². The number of aryl methyl sites for hydroxylation is 1. The normalized spacial score (nSPS) is 21.0. The van der Waals surface area contributed by atoms with Crippen LogP contribution in [0.1, 0.15) is 12.0 Å². The maximum atomic E-state index is 13.3. The summed E-state index contributed by atoms with van der Waals surface area (Å²) in [5, 5.41) is 6.64. The van der Waals surface area contributed by atoms with Gasteiger partial charge < -0.3 is 10.6 Å². The highest BCUT2D eigenvalue weighted by atomic mass is 19.1. The average Bonchev–Trinajstić information content (AvgIpc) is 2.29. The van der Waals surface area contributed by atoms with Crippen molar-refractivity contribution in [1.29, 1.82) is 0 Å². The molecule has 1 aromatic carbocycles. The number of piperazine rings is 1. The minimum Gasteiger partial charge on any atom is -0.314 e. The number of hydrogen-bond acceptors (Lipinski definition) is 2. The molecule has 16 heavy (non-hydrogen) atoms. The molecule has 4 heteroatoms. The summed E-state index contributed by atoms with van der Waals surface area (Å²) in [5.41, 5.74) is 0.591. The standard InChI is InChI=1S/C12H16F2N2/c13-10-3-1-9(12(14)7-10)2-4-11-8-15-5-6-16-11/h1,3,7,11,15-16H,2,4-6,8H2/t11-/m0/s1. The molecule has 0 spiro atoms. The van der Waals surface area contributed by atoms with Gasteiger partial charge in [0.2, 0.25) is 0 Å². The summed E-state index contributed by atoms with van der Waals surface area (Å²) in [6.07, 6.45) is 1.51. The van der Waals surface area contributed by atoms with Gasteiger partial charge in [-0.1, -0.05) is 6.07 Å². The molecule has 1 aromatic rings. The molecule has 0 aliphatic carbocycles. The van der Waals surface area contributed by atoms with Gasteiger partial charge in [-0.25, -0.2) is 8.78 Å². The zero-order valence-corrected chi connectivity index (χ0v) is 9.10. The van der Waals surface area contributed by atoms with Crippen molar-refractivity contribution in [2.24, 2.45) is 0 Å². The molecule has 2 rings (SSSR count). The first kappa shape index (κ1) is 11.5. The van der Waals surface area contributed by atoms with Gasteiger partial charge in [0.05, 0.1) is 0 Å². The fourth-order valence-electron chi connectivity index (χ4n) is 1.97. The third-order valence-electron chi connectivity index (χ3n) is 2.90. The number of hydrogen-bond donors (Lipinski definition) is 2. The number of nitrogens with one attached hydrogen (secondary N) is 2. The van der Waals surface area contributed by atoms with Gasteiger partial charge in [-0.15, -0.1) is 0 Å². The lowest BCUT2D eigenvalue weighted by Crippen LogP contribution is -2.48. The highest BCUT2D eigenvalue weighted by Gasteiger charge is 2.12. The lowest BCUT2D eigenvalue weighted by atomic mass is 10.0. The third kappa shape index (κ3) is 3.00. The molecule has 0 bridgehead atoms. The van der Waals surface area contributed by atoms with E-state index < -0.39 is 11.6 Å². The Hall–Kier alpha value is -1.00. The molecule has 1 aliphatic heterocycles. The van der Waals surface area contributed by atoms with E-state index in [2.05, 4.69) is 10.6 Å². The molecule has 0 saturated carbocycles. The third-order valence-corrected chi connectivity index (χ3v) is 2.90. The van der Waals surface area contributed by atoms with Crippen LogP contribution in [0, 0.1) is 11.6 Å².